The van der Waals surface area contributed by atoms with E-state index in [2.05, 4.69) is 31.3 Å². The Labute approximate surface area is 163 Å². The maximum absolute atomic E-state index is 12.4. The molecule has 1 atom stereocenters. The summed E-state index contributed by atoms with van der Waals surface area (Å²) in [6.07, 6.45) is 2.05. The summed E-state index contributed by atoms with van der Waals surface area (Å²) in [5.41, 5.74) is 0.0899. The fourth-order valence-corrected chi connectivity index (χ4v) is 3.56. The van der Waals surface area contributed by atoms with Crippen molar-refractivity contribution in [1.29, 1.82) is 0 Å². The standard InChI is InChI=1S/C22H34N2O3/c1-17(2)15-23-19(18-9-7-6-8-10-18)22(16-25)11-13-24(14-12-22)20(26)27-21(3,4)5/h6-10,16-17,19,23H,11-15H2,1-5H3. The number of aldehydes is 1. The number of nitrogens with one attached hydrogen (secondary N) is 1. The number of benzene rings is 1. The van der Waals surface area contributed by atoms with Crippen molar-refractivity contribution in [2.45, 2.75) is 59.1 Å². The third-order valence-electron chi connectivity index (χ3n) is 5.02. The number of carbonyl (C=O) groups is 2. The van der Waals surface area contributed by atoms with Crippen LogP contribution in [0, 0.1) is 11.3 Å². The summed E-state index contributed by atoms with van der Waals surface area (Å²) in [7, 11) is 0. The molecule has 1 aromatic carbocycles. The van der Waals surface area contributed by atoms with Crippen LogP contribution in [0.4, 0.5) is 4.79 Å². The minimum atomic E-state index is -0.519. The Hall–Kier alpha value is -1.88. The first-order chi connectivity index (χ1) is 12.7. The zero-order valence-corrected chi connectivity index (χ0v) is 17.3. The van der Waals surface area contributed by atoms with E-state index >= 15 is 0 Å². The minimum absolute atomic E-state index is 0.0561. The van der Waals surface area contributed by atoms with Gasteiger partial charge in [-0.2, -0.15) is 0 Å². The van der Waals surface area contributed by atoms with Gasteiger partial charge in [-0.25, -0.2) is 4.79 Å². The number of likely N-dealkylation sites (tertiary alicyclic amines) is 1. The molecule has 0 bridgehead atoms. The smallest absolute Gasteiger partial charge is 0.410 e. The zero-order chi connectivity index (χ0) is 20.1. The van der Waals surface area contributed by atoms with Crippen LogP contribution in [0.1, 0.15) is 59.1 Å². The van der Waals surface area contributed by atoms with E-state index in [1.54, 1.807) is 4.90 Å². The Morgan fingerprint density at radius 2 is 1.81 bits per heavy atom. The fourth-order valence-electron chi connectivity index (χ4n) is 3.56. The van der Waals surface area contributed by atoms with Crippen molar-refractivity contribution in [1.82, 2.24) is 10.2 Å². The molecule has 27 heavy (non-hydrogen) atoms. The number of piperidine rings is 1. The second-order valence-electron chi connectivity index (χ2n) is 8.96. The van der Waals surface area contributed by atoms with Gasteiger partial charge >= 0.3 is 6.09 Å². The summed E-state index contributed by atoms with van der Waals surface area (Å²) in [5, 5.41) is 3.61. The monoisotopic (exact) mass is 374 g/mol. The average molecular weight is 375 g/mol. The van der Waals surface area contributed by atoms with Crippen LogP contribution in [-0.2, 0) is 9.53 Å². The molecule has 1 N–H and O–H groups in total. The summed E-state index contributed by atoms with van der Waals surface area (Å²) in [6, 6.07) is 10.1. The fraction of sp³-hybridized carbons (Fsp3) is 0.636. The Balaban J connectivity index is 2.16. The van der Waals surface area contributed by atoms with Crippen LogP contribution >= 0.6 is 0 Å². The van der Waals surface area contributed by atoms with Gasteiger partial charge in [-0.15, -0.1) is 0 Å². The van der Waals surface area contributed by atoms with Gasteiger partial charge in [0.25, 0.3) is 0 Å². The average Bonchev–Trinajstić information content (AvgIpc) is 2.61. The quantitative estimate of drug-likeness (QED) is 0.759. The van der Waals surface area contributed by atoms with Crippen molar-refractivity contribution in [2.24, 2.45) is 11.3 Å². The lowest BCUT2D eigenvalue weighted by Crippen LogP contribution is -2.50. The molecule has 1 aliphatic heterocycles. The molecule has 1 fully saturated rings. The maximum atomic E-state index is 12.4. The molecule has 5 nitrogen and oxygen atoms in total. The first-order valence-corrected chi connectivity index (χ1v) is 9.89. The molecular weight excluding hydrogens is 340 g/mol. The van der Waals surface area contributed by atoms with Gasteiger partial charge in [-0.3, -0.25) is 0 Å². The molecule has 1 aromatic rings. The van der Waals surface area contributed by atoms with Crippen LogP contribution in [-0.4, -0.2) is 42.5 Å². The number of hydrogen-bond acceptors (Lipinski definition) is 4. The van der Waals surface area contributed by atoms with E-state index in [1.165, 1.54) is 0 Å². The SMILES string of the molecule is CC(C)CNC(c1ccccc1)C1(C=O)CCN(C(=O)OC(C)(C)C)CC1. The highest BCUT2D eigenvalue weighted by Crippen LogP contribution is 2.41. The molecule has 1 amide bonds. The summed E-state index contributed by atoms with van der Waals surface area (Å²) in [5.74, 6) is 0.488. The van der Waals surface area contributed by atoms with Crippen molar-refractivity contribution in [3.8, 4) is 0 Å². The lowest BCUT2D eigenvalue weighted by atomic mass is 9.71. The number of carbonyl (C=O) groups excluding carboxylic acids is 2. The Bertz CT molecular complexity index is 614. The van der Waals surface area contributed by atoms with Crippen LogP contribution in [0.2, 0.25) is 0 Å². The molecule has 1 heterocycles. The van der Waals surface area contributed by atoms with Crippen LogP contribution in [0.25, 0.3) is 0 Å². The second-order valence-corrected chi connectivity index (χ2v) is 8.96. The summed E-state index contributed by atoms with van der Waals surface area (Å²) in [4.78, 5) is 26.4. The summed E-state index contributed by atoms with van der Waals surface area (Å²) < 4.78 is 5.49. The molecule has 0 radical (unpaired) electrons. The first kappa shape index (κ1) is 21.4. The normalized spacial score (nSPS) is 18.2. The highest BCUT2D eigenvalue weighted by atomic mass is 16.6. The Morgan fingerprint density at radius 3 is 2.30 bits per heavy atom. The number of ether oxygens (including phenoxy) is 1. The van der Waals surface area contributed by atoms with Crippen LogP contribution in [0.3, 0.4) is 0 Å². The predicted octanol–water partition coefficient (Wildman–Crippen LogP) is 4.19. The highest BCUT2D eigenvalue weighted by Gasteiger charge is 2.43. The lowest BCUT2D eigenvalue weighted by molar-refractivity contribution is -0.121. The van der Waals surface area contributed by atoms with E-state index < -0.39 is 11.0 Å². The summed E-state index contributed by atoms with van der Waals surface area (Å²) in [6.45, 7) is 11.8. The van der Waals surface area contributed by atoms with Crippen molar-refractivity contribution >= 4 is 12.4 Å². The van der Waals surface area contributed by atoms with Gasteiger partial charge in [0.05, 0.1) is 0 Å². The molecule has 1 saturated heterocycles. The third-order valence-corrected chi connectivity index (χ3v) is 5.02. The molecule has 0 saturated carbocycles. The molecule has 1 aliphatic rings. The topological polar surface area (TPSA) is 58.6 Å². The molecule has 2 rings (SSSR count). The third kappa shape index (κ3) is 5.80. The number of nitrogens with zero attached hydrogens (tertiary/aromatic N) is 1. The van der Waals surface area contributed by atoms with Crippen LogP contribution in [0.15, 0.2) is 30.3 Å². The molecule has 1 unspecified atom stereocenters. The van der Waals surface area contributed by atoms with Crippen molar-refractivity contribution < 1.29 is 14.3 Å². The maximum Gasteiger partial charge on any atom is 0.410 e. The van der Waals surface area contributed by atoms with Crippen LogP contribution < -0.4 is 5.32 Å². The van der Waals surface area contributed by atoms with E-state index in [0.717, 1.165) is 18.4 Å². The number of hydrogen-bond donors (Lipinski definition) is 1. The van der Waals surface area contributed by atoms with Gasteiger partial charge in [-0.1, -0.05) is 44.2 Å². The Kier molecular flexibility index (Phi) is 7.04. The van der Waals surface area contributed by atoms with Crippen LogP contribution in [0.5, 0.6) is 0 Å². The molecule has 150 valence electrons. The van der Waals surface area contributed by atoms with Gasteiger partial charge in [0.1, 0.15) is 11.9 Å². The van der Waals surface area contributed by atoms with Gasteiger partial charge < -0.3 is 19.7 Å². The molecular formula is C22H34N2O3. The van der Waals surface area contributed by atoms with E-state index in [0.29, 0.717) is 31.8 Å². The lowest BCUT2D eigenvalue weighted by Gasteiger charge is -2.44. The van der Waals surface area contributed by atoms with Gasteiger partial charge in [0, 0.05) is 24.5 Å². The predicted molar refractivity (Wildman–Crippen MR) is 108 cm³/mol. The molecule has 0 spiro atoms. The molecule has 0 aliphatic carbocycles. The van der Waals surface area contributed by atoms with Gasteiger partial charge in [0.15, 0.2) is 0 Å². The van der Waals surface area contributed by atoms with E-state index in [9.17, 15) is 9.59 Å². The van der Waals surface area contributed by atoms with Gasteiger partial charge in [-0.05, 0) is 51.6 Å². The second kappa shape index (κ2) is 8.87. The summed E-state index contributed by atoms with van der Waals surface area (Å²) >= 11 is 0. The first-order valence-electron chi connectivity index (χ1n) is 9.89. The van der Waals surface area contributed by atoms with E-state index in [1.807, 2.05) is 39.0 Å². The highest BCUT2D eigenvalue weighted by molar-refractivity contribution is 5.69. The van der Waals surface area contributed by atoms with Crippen molar-refractivity contribution in [3.05, 3.63) is 35.9 Å². The Morgan fingerprint density at radius 1 is 1.22 bits per heavy atom. The zero-order valence-electron chi connectivity index (χ0n) is 17.3. The largest absolute Gasteiger partial charge is 0.444 e. The molecule has 0 aromatic heterocycles. The number of rotatable bonds is 6. The van der Waals surface area contributed by atoms with Crippen molar-refractivity contribution in [2.75, 3.05) is 19.6 Å². The minimum Gasteiger partial charge on any atom is -0.444 e. The van der Waals surface area contributed by atoms with E-state index in [-0.39, 0.29) is 12.1 Å². The van der Waals surface area contributed by atoms with Crippen molar-refractivity contribution in [3.63, 3.8) is 0 Å². The van der Waals surface area contributed by atoms with E-state index in [4.69, 9.17) is 4.74 Å². The molecule has 5 heteroatoms. The number of amides is 1. The van der Waals surface area contributed by atoms with Gasteiger partial charge in [0.2, 0.25) is 0 Å².